The molecule has 4 amide bonds. The molecule has 4 heterocycles. The predicted octanol–water partition coefficient (Wildman–Crippen LogP) is 4.77. The number of carboxylic acid groups (broad SMARTS) is 4. The van der Waals surface area contributed by atoms with E-state index in [1.165, 1.54) is 81.4 Å². The van der Waals surface area contributed by atoms with Crippen LogP contribution in [0.3, 0.4) is 0 Å². The van der Waals surface area contributed by atoms with Crippen LogP contribution >= 0.6 is 0 Å². The van der Waals surface area contributed by atoms with Gasteiger partial charge in [-0.1, -0.05) is 74.5 Å². The number of amides is 4. The van der Waals surface area contributed by atoms with Gasteiger partial charge in [0.15, 0.2) is 0 Å². The van der Waals surface area contributed by atoms with Crippen LogP contribution < -0.4 is 144 Å². The molecule has 114 heavy (non-hydrogen) atoms. The number of nitrogens with one attached hydrogen (secondary N) is 4. The molecule has 2 aliphatic carbocycles. The van der Waals surface area contributed by atoms with Gasteiger partial charge in [0.2, 0.25) is 20.0 Å². The molecule has 0 bridgehead atoms. The molecule has 0 unspecified atom stereocenters. The third-order valence-corrected chi connectivity index (χ3v) is 25.3. The molecular formula is C84H92K2N10O16S2. The number of aryl methyl sites for hydroxylation is 4. The molecule has 8 aromatic rings. The number of pyridine rings is 2. The van der Waals surface area contributed by atoms with E-state index in [-0.39, 0.29) is 182 Å². The van der Waals surface area contributed by atoms with E-state index < -0.39 is 79.4 Å². The minimum Gasteiger partial charge on any atom is -0.545 e. The first-order chi connectivity index (χ1) is 53.8. The van der Waals surface area contributed by atoms with Crippen molar-refractivity contribution in [3.8, 4) is 0 Å². The Labute approximate surface area is 749 Å². The number of nitrogens with zero attached hydrogens (tertiary/aromatic N) is 6. The first-order valence-electron chi connectivity index (χ1n) is 38.1. The Bertz CT molecular complexity index is 4650. The van der Waals surface area contributed by atoms with Crippen molar-refractivity contribution in [2.75, 3.05) is 70.3 Å². The third-order valence-electron chi connectivity index (χ3n) is 21.3. The van der Waals surface area contributed by atoms with E-state index in [2.05, 4.69) is 41.0 Å². The largest absolute Gasteiger partial charge is 1.00 e. The predicted molar refractivity (Wildman–Crippen MR) is 420 cm³/mol. The summed E-state index contributed by atoms with van der Waals surface area (Å²) in [6.07, 6.45) is 15.3. The Balaban J connectivity index is 0.000000257. The van der Waals surface area contributed by atoms with Crippen LogP contribution in [0, 0.1) is 11.8 Å². The minimum absolute atomic E-state index is 0. The number of sulfonamides is 2. The molecule has 6 N–H and O–H groups in total. The summed E-state index contributed by atoms with van der Waals surface area (Å²) < 4.78 is 58.2. The van der Waals surface area contributed by atoms with E-state index in [9.17, 15) is 75.6 Å². The average molecular weight is 1640 g/mol. The van der Waals surface area contributed by atoms with Crippen LogP contribution in [0.1, 0.15) is 188 Å². The van der Waals surface area contributed by atoms with Gasteiger partial charge in [0, 0.05) is 85.2 Å². The molecule has 6 aromatic carbocycles. The van der Waals surface area contributed by atoms with Gasteiger partial charge in [0.25, 0.3) is 23.6 Å². The van der Waals surface area contributed by atoms with Crippen molar-refractivity contribution < 1.29 is 178 Å². The summed E-state index contributed by atoms with van der Waals surface area (Å²) in [5, 5.41) is 52.3. The number of carbonyl (C=O) groups excluding carboxylic acids is 6. The zero-order valence-corrected chi connectivity index (χ0v) is 72.4. The number of anilines is 6. The van der Waals surface area contributed by atoms with Crippen molar-refractivity contribution in [3.63, 3.8) is 0 Å². The summed E-state index contributed by atoms with van der Waals surface area (Å²) >= 11 is 0. The molecule has 0 radical (unpaired) electrons. The fourth-order valence-electron chi connectivity index (χ4n) is 14.9. The molecule has 2 saturated carbocycles. The summed E-state index contributed by atoms with van der Waals surface area (Å²) in [5.41, 5.74) is 7.43. The van der Waals surface area contributed by atoms with Gasteiger partial charge in [0.05, 0.1) is 79.8 Å². The number of piperidine rings is 2. The summed E-state index contributed by atoms with van der Waals surface area (Å²) in [5.74, 6) is -7.25. The van der Waals surface area contributed by atoms with Crippen molar-refractivity contribution in [2.24, 2.45) is 11.8 Å². The maximum atomic E-state index is 13.9. The van der Waals surface area contributed by atoms with Crippen molar-refractivity contribution in [1.82, 2.24) is 18.6 Å². The van der Waals surface area contributed by atoms with Gasteiger partial charge in [0.1, 0.15) is 0 Å². The van der Waals surface area contributed by atoms with Crippen molar-refractivity contribution in [1.29, 1.82) is 0 Å². The Morgan fingerprint density at radius 3 is 1.10 bits per heavy atom. The van der Waals surface area contributed by atoms with Crippen LogP contribution in [0.15, 0.2) is 180 Å². The van der Waals surface area contributed by atoms with Crippen molar-refractivity contribution in [2.45, 2.75) is 151 Å². The fraction of sp³-hybridized carbons (Fsp3) is 0.357. The fourth-order valence-corrected chi connectivity index (χ4v) is 18.4. The number of rotatable bonds is 28. The molecular weight excluding hydrogens is 1550 g/mol. The third kappa shape index (κ3) is 23.7. The van der Waals surface area contributed by atoms with Crippen LogP contribution in [-0.4, -0.2) is 144 Å². The molecule has 2 aromatic heterocycles. The van der Waals surface area contributed by atoms with Crippen LogP contribution in [0.2, 0.25) is 0 Å². The second kappa shape index (κ2) is 42.3. The Morgan fingerprint density at radius 2 is 0.781 bits per heavy atom. The van der Waals surface area contributed by atoms with Gasteiger partial charge in [-0.25, -0.2) is 16.8 Å². The van der Waals surface area contributed by atoms with Gasteiger partial charge >= 0.3 is 115 Å². The second-order valence-corrected chi connectivity index (χ2v) is 32.4. The topological polar surface area (TPSA) is 378 Å². The molecule has 0 atom stereocenters. The van der Waals surface area contributed by atoms with Crippen LogP contribution in [-0.2, 0) is 55.3 Å². The number of carbonyl (C=O) groups is 8. The van der Waals surface area contributed by atoms with Crippen LogP contribution in [0.25, 0.3) is 0 Å². The Morgan fingerprint density at radius 1 is 0.421 bits per heavy atom. The summed E-state index contributed by atoms with van der Waals surface area (Å²) in [4.78, 5) is 114. The zero-order chi connectivity index (χ0) is 79.6. The number of aromatic nitrogens is 2. The molecule has 2 aliphatic heterocycles. The van der Waals surface area contributed by atoms with E-state index in [0.717, 1.165) is 98.6 Å². The van der Waals surface area contributed by atoms with Gasteiger partial charge in [-0.15, -0.1) is 0 Å². The summed E-state index contributed by atoms with van der Waals surface area (Å²) in [6.45, 7) is 7.26. The summed E-state index contributed by atoms with van der Waals surface area (Å²) in [6, 6.07) is 41.6. The molecule has 4 aliphatic rings. The number of benzene rings is 6. The first kappa shape index (κ1) is 90.0. The molecule has 12 rings (SSSR count). The van der Waals surface area contributed by atoms with E-state index in [0.29, 0.717) is 88.4 Å². The van der Waals surface area contributed by atoms with Gasteiger partial charge in [-0.05, 0) is 235 Å². The van der Waals surface area contributed by atoms with E-state index in [1.54, 1.807) is 99.0 Å². The molecule has 2 saturated heterocycles. The van der Waals surface area contributed by atoms with Gasteiger partial charge < -0.3 is 61.1 Å². The minimum atomic E-state index is -4.01. The standard InChI is InChI=1S/2C42H47N5O8S.2K/c2*1-2-47(34-19-14-30(15-20-34)42(52)53)56(54,55)36-8-6-7-31(25-36)39(48)45-38-22-21-35(46-23-4-3-5-24-46)26-37(38)40(49)44-33-18-17-32(43-27-33)16-11-28-9-12-29(13-10-28)41(50)51;;/h2*6-10,12-13,17-18,21-22,25-27,30,34H,2-5,11,14-16,19-20,23-24H2,1H3,(H,44,49)(H,45,48)(H,50,51)(H,52,53);;/q;;2*+1/p-2. The summed E-state index contributed by atoms with van der Waals surface area (Å²) in [7, 11) is -8.02. The monoisotopic (exact) mass is 1640 g/mol. The number of hydrogen-bond donors (Lipinski definition) is 6. The number of aromatic carboxylic acids is 2. The normalized spacial score (nSPS) is 17.0. The molecule has 588 valence electrons. The van der Waals surface area contributed by atoms with Crippen molar-refractivity contribution >= 4 is 102 Å². The Hall–Kier alpha value is -7.93. The number of carboxylic acids is 4. The van der Waals surface area contributed by atoms with E-state index >= 15 is 0 Å². The van der Waals surface area contributed by atoms with Crippen molar-refractivity contribution in [3.05, 3.63) is 226 Å². The first-order valence-corrected chi connectivity index (χ1v) is 41.0. The second-order valence-electron chi connectivity index (χ2n) is 28.6. The quantitative estimate of drug-likeness (QED) is 0.0360. The average Bonchev–Trinajstić information content (AvgIpc) is 0.803. The zero-order valence-electron chi connectivity index (χ0n) is 64.6. The smallest absolute Gasteiger partial charge is 0.545 e. The number of hydrogen-bond acceptors (Lipinski definition) is 18. The number of aliphatic carboxylic acids is 2. The SMILES string of the molecule is CCN(C1CCC(C(=O)O)CC1)S(=O)(=O)c1cccc(C(=O)Nc2ccc(N3CCCCC3)cc2C(=O)Nc2ccc(CCc3ccc(C(=O)[O-])cc3)nc2)c1.CCN(C1CCC(C(=O)O)CC1)S(=O)(=O)c1cccc(C(=O)Nc2ccc(N3CCCCC3)cc2C(=O)Nc2ccc(CCc3ccc(C(=O)[O-])cc3)nc2)c1.[K+].[K+]. The molecule has 0 spiro atoms. The molecule has 26 nitrogen and oxygen atoms in total. The Kier molecular flexibility index (Phi) is 33.4. The van der Waals surface area contributed by atoms with Crippen LogP contribution in [0.5, 0.6) is 0 Å². The maximum absolute atomic E-state index is 13.9. The molecule has 30 heteroatoms. The van der Waals surface area contributed by atoms with Gasteiger partial charge in [-0.3, -0.25) is 38.7 Å². The van der Waals surface area contributed by atoms with Crippen LogP contribution in [0.4, 0.5) is 34.1 Å². The molecule has 4 fully saturated rings. The maximum Gasteiger partial charge on any atom is 1.00 e. The van der Waals surface area contributed by atoms with E-state index in [4.69, 9.17) is 0 Å². The van der Waals surface area contributed by atoms with E-state index in [1.807, 2.05) is 12.1 Å². The van der Waals surface area contributed by atoms with Gasteiger partial charge in [-0.2, -0.15) is 8.61 Å².